The van der Waals surface area contributed by atoms with E-state index in [-0.39, 0.29) is 25.1 Å². The molecule has 0 amide bonds. The summed E-state index contributed by atoms with van der Waals surface area (Å²) in [7, 11) is 0. The van der Waals surface area contributed by atoms with E-state index in [0.717, 1.165) is 19.5 Å². The Morgan fingerprint density at radius 3 is 2.31 bits per heavy atom. The van der Waals surface area contributed by atoms with E-state index in [0.29, 0.717) is 6.54 Å². The van der Waals surface area contributed by atoms with Crippen LogP contribution in [0.3, 0.4) is 0 Å². The van der Waals surface area contributed by atoms with Crippen LogP contribution in [0.4, 0.5) is 0 Å². The zero-order valence-electron chi connectivity index (χ0n) is 14.9. The molecule has 0 fully saturated rings. The number of hydrogen-bond donors (Lipinski definition) is 3. The van der Waals surface area contributed by atoms with Crippen molar-refractivity contribution in [2.75, 3.05) is 26.2 Å². The van der Waals surface area contributed by atoms with E-state index in [2.05, 4.69) is 83.4 Å². The van der Waals surface area contributed by atoms with Crippen molar-refractivity contribution in [3.8, 4) is 0 Å². The quantitative estimate of drug-likeness (QED) is 0.503. The van der Waals surface area contributed by atoms with E-state index < -0.39 is 0 Å². The molecule has 0 spiro atoms. The third-order valence-corrected chi connectivity index (χ3v) is 4.46. The SMILES string of the molecule is Cl.OCCNCCNC(Cc1ccccc1)c1cccc2ccccc12. The largest absolute Gasteiger partial charge is 0.395 e. The summed E-state index contributed by atoms with van der Waals surface area (Å²) < 4.78 is 0. The van der Waals surface area contributed by atoms with Crippen molar-refractivity contribution in [2.45, 2.75) is 12.5 Å². The van der Waals surface area contributed by atoms with Crippen LogP contribution >= 0.6 is 12.4 Å². The number of halogens is 1. The summed E-state index contributed by atoms with van der Waals surface area (Å²) in [5.41, 5.74) is 2.67. The van der Waals surface area contributed by atoms with Crippen LogP contribution < -0.4 is 10.6 Å². The number of aliphatic hydroxyl groups is 1. The molecular weight excluding hydrogens is 344 g/mol. The first-order valence-electron chi connectivity index (χ1n) is 8.95. The summed E-state index contributed by atoms with van der Waals surface area (Å²) in [5.74, 6) is 0. The van der Waals surface area contributed by atoms with Gasteiger partial charge in [0.15, 0.2) is 0 Å². The molecule has 3 N–H and O–H groups in total. The van der Waals surface area contributed by atoms with Crippen LogP contribution in [0.1, 0.15) is 17.2 Å². The van der Waals surface area contributed by atoms with Gasteiger partial charge in [0.2, 0.25) is 0 Å². The van der Waals surface area contributed by atoms with Crippen molar-refractivity contribution in [1.82, 2.24) is 10.6 Å². The lowest BCUT2D eigenvalue weighted by molar-refractivity contribution is 0.292. The molecule has 138 valence electrons. The Bertz CT molecular complexity index is 774. The van der Waals surface area contributed by atoms with Crippen LogP contribution in [-0.4, -0.2) is 31.3 Å². The highest BCUT2D eigenvalue weighted by Gasteiger charge is 2.14. The minimum absolute atomic E-state index is 0. The summed E-state index contributed by atoms with van der Waals surface area (Å²) in [6, 6.07) is 26.0. The Labute approximate surface area is 161 Å². The lowest BCUT2D eigenvalue weighted by Crippen LogP contribution is -2.32. The maximum atomic E-state index is 8.88. The van der Waals surface area contributed by atoms with Crippen molar-refractivity contribution in [3.63, 3.8) is 0 Å². The van der Waals surface area contributed by atoms with Crippen molar-refractivity contribution < 1.29 is 5.11 Å². The molecule has 1 unspecified atom stereocenters. The van der Waals surface area contributed by atoms with Crippen molar-refractivity contribution in [2.24, 2.45) is 0 Å². The van der Waals surface area contributed by atoms with Gasteiger partial charge in [-0.1, -0.05) is 72.8 Å². The molecule has 0 aromatic heterocycles. The molecular formula is C22H27ClN2O. The highest BCUT2D eigenvalue weighted by atomic mass is 35.5. The zero-order chi connectivity index (χ0) is 17.3. The third-order valence-electron chi connectivity index (χ3n) is 4.46. The molecule has 3 aromatic carbocycles. The van der Waals surface area contributed by atoms with Crippen LogP contribution in [-0.2, 0) is 6.42 Å². The molecule has 0 aliphatic rings. The lowest BCUT2D eigenvalue weighted by atomic mass is 9.94. The van der Waals surface area contributed by atoms with E-state index in [9.17, 15) is 0 Å². The fourth-order valence-electron chi connectivity index (χ4n) is 3.24. The first kappa shape index (κ1) is 20.4. The van der Waals surface area contributed by atoms with Crippen molar-refractivity contribution in [3.05, 3.63) is 83.9 Å². The van der Waals surface area contributed by atoms with Gasteiger partial charge in [0, 0.05) is 25.7 Å². The number of aliphatic hydroxyl groups excluding tert-OH is 1. The Kier molecular flexibility index (Phi) is 8.59. The summed E-state index contributed by atoms with van der Waals surface area (Å²) in [4.78, 5) is 0. The molecule has 0 saturated heterocycles. The number of hydrogen-bond acceptors (Lipinski definition) is 3. The average Bonchev–Trinajstić information content (AvgIpc) is 2.67. The predicted molar refractivity (Wildman–Crippen MR) is 112 cm³/mol. The average molecular weight is 371 g/mol. The van der Waals surface area contributed by atoms with Gasteiger partial charge in [-0.2, -0.15) is 0 Å². The Balaban J connectivity index is 0.00000243. The molecule has 1 atom stereocenters. The highest BCUT2D eigenvalue weighted by Crippen LogP contribution is 2.26. The Morgan fingerprint density at radius 2 is 1.50 bits per heavy atom. The van der Waals surface area contributed by atoms with E-state index in [4.69, 9.17) is 5.11 Å². The van der Waals surface area contributed by atoms with E-state index in [1.54, 1.807) is 0 Å². The fraction of sp³-hybridized carbons (Fsp3) is 0.273. The first-order valence-corrected chi connectivity index (χ1v) is 8.95. The number of rotatable bonds is 9. The Hall–Kier alpha value is -1.91. The summed E-state index contributed by atoms with van der Waals surface area (Å²) >= 11 is 0. The van der Waals surface area contributed by atoms with Crippen molar-refractivity contribution in [1.29, 1.82) is 0 Å². The summed E-state index contributed by atoms with van der Waals surface area (Å²) in [5, 5.41) is 18.4. The van der Waals surface area contributed by atoms with Gasteiger partial charge >= 0.3 is 0 Å². The topological polar surface area (TPSA) is 44.3 Å². The zero-order valence-corrected chi connectivity index (χ0v) is 15.7. The molecule has 3 aromatic rings. The molecule has 0 heterocycles. The fourth-order valence-corrected chi connectivity index (χ4v) is 3.24. The van der Waals surface area contributed by atoms with Crippen LogP contribution in [0.25, 0.3) is 10.8 Å². The molecule has 0 radical (unpaired) electrons. The van der Waals surface area contributed by atoms with Crippen LogP contribution in [0.5, 0.6) is 0 Å². The second-order valence-corrected chi connectivity index (χ2v) is 6.24. The molecule has 0 aliphatic heterocycles. The summed E-state index contributed by atoms with van der Waals surface area (Å²) in [6.07, 6.45) is 0.953. The van der Waals surface area contributed by atoms with E-state index >= 15 is 0 Å². The second kappa shape index (κ2) is 10.9. The maximum Gasteiger partial charge on any atom is 0.0555 e. The van der Waals surface area contributed by atoms with Gasteiger partial charge in [-0.3, -0.25) is 0 Å². The number of fused-ring (bicyclic) bond motifs is 1. The molecule has 0 bridgehead atoms. The Morgan fingerprint density at radius 1 is 0.769 bits per heavy atom. The van der Waals surface area contributed by atoms with E-state index in [1.165, 1.54) is 21.9 Å². The van der Waals surface area contributed by atoms with Gasteiger partial charge in [-0.05, 0) is 28.3 Å². The maximum absolute atomic E-state index is 8.88. The lowest BCUT2D eigenvalue weighted by Gasteiger charge is -2.21. The molecule has 0 aliphatic carbocycles. The van der Waals surface area contributed by atoms with Gasteiger partial charge in [0.1, 0.15) is 0 Å². The normalized spacial score (nSPS) is 11.9. The molecule has 0 saturated carbocycles. The molecule has 3 nitrogen and oxygen atoms in total. The van der Waals surface area contributed by atoms with Gasteiger partial charge in [-0.25, -0.2) is 0 Å². The van der Waals surface area contributed by atoms with Crippen molar-refractivity contribution >= 4 is 23.2 Å². The monoisotopic (exact) mass is 370 g/mol. The molecule has 3 rings (SSSR count). The van der Waals surface area contributed by atoms with Gasteiger partial charge in [-0.15, -0.1) is 12.4 Å². The van der Waals surface area contributed by atoms with Gasteiger partial charge in [0.25, 0.3) is 0 Å². The van der Waals surface area contributed by atoms with Crippen LogP contribution in [0.15, 0.2) is 72.8 Å². The van der Waals surface area contributed by atoms with Crippen LogP contribution in [0, 0.1) is 0 Å². The number of nitrogens with one attached hydrogen (secondary N) is 2. The third kappa shape index (κ3) is 5.55. The minimum atomic E-state index is 0. The van der Waals surface area contributed by atoms with Gasteiger partial charge < -0.3 is 15.7 Å². The standard InChI is InChI=1S/C22H26N2O.ClH/c25-16-15-23-13-14-24-22(17-18-7-2-1-3-8-18)21-12-6-10-19-9-4-5-11-20(19)21;/h1-12,22-25H,13-17H2;1H. The summed E-state index contributed by atoms with van der Waals surface area (Å²) in [6.45, 7) is 2.52. The van der Waals surface area contributed by atoms with E-state index in [1.807, 2.05) is 0 Å². The first-order chi connectivity index (χ1) is 12.4. The van der Waals surface area contributed by atoms with Gasteiger partial charge in [0.05, 0.1) is 6.61 Å². The number of benzene rings is 3. The molecule has 26 heavy (non-hydrogen) atoms. The smallest absolute Gasteiger partial charge is 0.0555 e. The predicted octanol–water partition coefficient (Wildman–Crippen LogP) is 3.72. The second-order valence-electron chi connectivity index (χ2n) is 6.24. The minimum Gasteiger partial charge on any atom is -0.395 e. The molecule has 4 heteroatoms. The van der Waals surface area contributed by atoms with Crippen LogP contribution in [0.2, 0.25) is 0 Å². The highest BCUT2D eigenvalue weighted by molar-refractivity contribution is 5.86.